The third-order valence-corrected chi connectivity index (χ3v) is 3.70. The Bertz CT molecular complexity index is 362. The number of hydrogen-bond donors (Lipinski definition) is 1. The average molecular weight is 248 g/mol. The zero-order valence-electron chi connectivity index (χ0n) is 8.91. The van der Waals surface area contributed by atoms with Gasteiger partial charge < -0.3 is 10.5 Å². The number of methoxy groups -OCH3 is 1. The Balaban J connectivity index is 2.93. The van der Waals surface area contributed by atoms with Crippen LogP contribution in [0.25, 0.3) is 0 Å². The maximum atomic E-state index is 11.5. The second-order valence-electron chi connectivity index (χ2n) is 3.83. The number of rotatable bonds is 3. The van der Waals surface area contributed by atoms with Crippen molar-refractivity contribution in [3.63, 3.8) is 0 Å². The summed E-state index contributed by atoms with van der Waals surface area (Å²) in [5.74, 6) is -0.320. The highest BCUT2D eigenvalue weighted by Crippen LogP contribution is 2.37. The zero-order valence-corrected chi connectivity index (χ0v) is 10.5. The van der Waals surface area contributed by atoms with Crippen LogP contribution < -0.4 is 5.73 Å². The van der Waals surface area contributed by atoms with Gasteiger partial charge in [0.15, 0.2) is 0 Å². The molecule has 1 atom stereocenters. The summed E-state index contributed by atoms with van der Waals surface area (Å²) in [7, 11) is 1.36. The van der Waals surface area contributed by atoms with Gasteiger partial charge >= 0.3 is 5.97 Å². The van der Waals surface area contributed by atoms with E-state index in [1.54, 1.807) is 19.9 Å². The predicted octanol–water partition coefficient (Wildman–Crippen LogP) is 2.60. The number of thiophene rings is 1. The lowest BCUT2D eigenvalue weighted by Gasteiger charge is -2.27. The molecule has 0 radical (unpaired) electrons. The summed E-state index contributed by atoms with van der Waals surface area (Å²) in [6.45, 7) is 3.52. The van der Waals surface area contributed by atoms with Crippen LogP contribution in [0.5, 0.6) is 0 Å². The molecule has 0 saturated carbocycles. The summed E-state index contributed by atoms with van der Waals surface area (Å²) < 4.78 is 5.38. The number of esters is 1. The van der Waals surface area contributed by atoms with Crippen molar-refractivity contribution in [1.82, 2.24) is 0 Å². The maximum absolute atomic E-state index is 11.5. The summed E-state index contributed by atoms with van der Waals surface area (Å²) in [5.41, 5.74) is 5.27. The lowest BCUT2D eigenvalue weighted by atomic mass is 9.84. The average Bonchev–Trinajstić information content (AvgIpc) is 2.62. The van der Waals surface area contributed by atoms with E-state index in [9.17, 15) is 4.79 Å². The van der Waals surface area contributed by atoms with Gasteiger partial charge in [0, 0.05) is 4.88 Å². The fraction of sp³-hybridized carbons (Fsp3) is 0.500. The normalized spacial score (nSPS) is 13.7. The Morgan fingerprint density at radius 1 is 1.60 bits per heavy atom. The van der Waals surface area contributed by atoms with Crippen LogP contribution in [0, 0.1) is 5.41 Å². The molecule has 1 unspecified atom stereocenters. The van der Waals surface area contributed by atoms with E-state index in [4.69, 9.17) is 22.1 Å². The van der Waals surface area contributed by atoms with Crippen molar-refractivity contribution in [3.05, 3.63) is 21.3 Å². The number of carbonyl (C=O) groups excluding carboxylic acids is 1. The Morgan fingerprint density at radius 3 is 2.60 bits per heavy atom. The van der Waals surface area contributed by atoms with Crippen LogP contribution in [0.2, 0.25) is 4.34 Å². The van der Waals surface area contributed by atoms with Crippen LogP contribution in [0.4, 0.5) is 0 Å². The fourth-order valence-electron chi connectivity index (χ4n) is 1.24. The molecule has 0 saturated heterocycles. The van der Waals surface area contributed by atoms with Crippen LogP contribution in [-0.4, -0.2) is 13.1 Å². The van der Waals surface area contributed by atoms with Gasteiger partial charge in [-0.1, -0.05) is 11.6 Å². The van der Waals surface area contributed by atoms with Gasteiger partial charge in [0.25, 0.3) is 0 Å². The molecule has 0 aliphatic carbocycles. The molecule has 1 heterocycles. The lowest BCUT2D eigenvalue weighted by molar-refractivity contribution is -0.152. The van der Waals surface area contributed by atoms with Crippen LogP contribution in [0.3, 0.4) is 0 Å². The van der Waals surface area contributed by atoms with E-state index in [0.29, 0.717) is 4.34 Å². The van der Waals surface area contributed by atoms with E-state index in [0.717, 1.165) is 4.88 Å². The van der Waals surface area contributed by atoms with Gasteiger partial charge in [0.05, 0.1) is 22.9 Å². The number of nitrogens with two attached hydrogens (primary N) is 1. The second-order valence-corrected chi connectivity index (χ2v) is 5.58. The molecule has 0 bridgehead atoms. The number of ether oxygens (including phenoxy) is 1. The van der Waals surface area contributed by atoms with Gasteiger partial charge in [0.2, 0.25) is 0 Å². The Kier molecular flexibility index (Phi) is 3.76. The molecule has 15 heavy (non-hydrogen) atoms. The first-order valence-electron chi connectivity index (χ1n) is 4.49. The second kappa shape index (κ2) is 4.51. The van der Waals surface area contributed by atoms with Gasteiger partial charge in [-0.2, -0.15) is 0 Å². The van der Waals surface area contributed by atoms with Crippen LogP contribution in [0.1, 0.15) is 24.8 Å². The van der Waals surface area contributed by atoms with E-state index in [-0.39, 0.29) is 5.97 Å². The smallest absolute Gasteiger partial charge is 0.313 e. The third-order valence-electron chi connectivity index (χ3n) is 2.39. The van der Waals surface area contributed by atoms with E-state index < -0.39 is 11.5 Å². The molecule has 1 aromatic heterocycles. The van der Waals surface area contributed by atoms with Crippen molar-refractivity contribution >= 4 is 28.9 Å². The van der Waals surface area contributed by atoms with Crippen molar-refractivity contribution in [1.29, 1.82) is 0 Å². The molecule has 3 nitrogen and oxygen atoms in total. The zero-order chi connectivity index (χ0) is 11.6. The lowest BCUT2D eigenvalue weighted by Crippen LogP contribution is -2.36. The quantitative estimate of drug-likeness (QED) is 0.836. The van der Waals surface area contributed by atoms with Crippen molar-refractivity contribution in [2.24, 2.45) is 11.1 Å². The molecule has 1 rings (SSSR count). The molecule has 2 N–H and O–H groups in total. The first-order chi connectivity index (χ1) is 6.89. The topological polar surface area (TPSA) is 52.3 Å². The SMILES string of the molecule is COC(=O)C(C)(C)C(N)c1ccc(Cl)s1. The first kappa shape index (κ1) is 12.5. The van der Waals surface area contributed by atoms with Crippen molar-refractivity contribution in [2.75, 3.05) is 7.11 Å². The maximum Gasteiger partial charge on any atom is 0.313 e. The van der Waals surface area contributed by atoms with Gasteiger partial charge in [-0.3, -0.25) is 4.79 Å². The van der Waals surface area contributed by atoms with Crippen molar-refractivity contribution < 1.29 is 9.53 Å². The number of carbonyl (C=O) groups is 1. The largest absolute Gasteiger partial charge is 0.469 e. The molecule has 0 fully saturated rings. The van der Waals surface area contributed by atoms with Gasteiger partial charge in [-0.05, 0) is 26.0 Å². The number of hydrogen-bond acceptors (Lipinski definition) is 4. The Morgan fingerprint density at radius 2 is 2.20 bits per heavy atom. The van der Waals surface area contributed by atoms with E-state index in [1.165, 1.54) is 18.4 Å². The summed E-state index contributed by atoms with van der Waals surface area (Å²) in [6, 6.07) is 3.21. The molecule has 0 aliphatic heterocycles. The molecule has 0 amide bonds. The minimum absolute atomic E-state index is 0.320. The van der Waals surface area contributed by atoms with Gasteiger partial charge in [0.1, 0.15) is 0 Å². The van der Waals surface area contributed by atoms with Crippen LogP contribution in [-0.2, 0) is 9.53 Å². The highest BCUT2D eigenvalue weighted by Gasteiger charge is 2.37. The van der Waals surface area contributed by atoms with E-state index in [1.807, 2.05) is 6.07 Å². The van der Waals surface area contributed by atoms with E-state index in [2.05, 4.69) is 0 Å². The molecular weight excluding hydrogens is 234 g/mol. The van der Waals surface area contributed by atoms with Gasteiger partial charge in [-0.15, -0.1) is 11.3 Å². The van der Waals surface area contributed by atoms with Crippen molar-refractivity contribution in [3.8, 4) is 0 Å². The monoisotopic (exact) mass is 247 g/mol. The minimum Gasteiger partial charge on any atom is -0.469 e. The summed E-state index contributed by atoms with van der Waals surface area (Å²) >= 11 is 7.20. The molecule has 1 aromatic rings. The number of halogens is 1. The molecular formula is C10H14ClNO2S. The van der Waals surface area contributed by atoms with Crippen LogP contribution >= 0.6 is 22.9 Å². The highest BCUT2D eigenvalue weighted by atomic mass is 35.5. The Hall–Kier alpha value is -0.580. The summed E-state index contributed by atoms with van der Waals surface area (Å²) in [4.78, 5) is 12.4. The van der Waals surface area contributed by atoms with Crippen LogP contribution in [0.15, 0.2) is 12.1 Å². The molecule has 5 heteroatoms. The highest BCUT2D eigenvalue weighted by molar-refractivity contribution is 7.16. The molecule has 84 valence electrons. The molecule has 0 aromatic carbocycles. The summed E-state index contributed by atoms with van der Waals surface area (Å²) in [5, 5.41) is 0. The fourth-order valence-corrected chi connectivity index (χ4v) is 2.49. The predicted molar refractivity (Wildman–Crippen MR) is 62.1 cm³/mol. The Labute approximate surface area is 98.2 Å². The van der Waals surface area contributed by atoms with Gasteiger partial charge in [-0.25, -0.2) is 0 Å². The van der Waals surface area contributed by atoms with E-state index >= 15 is 0 Å². The summed E-state index contributed by atoms with van der Waals surface area (Å²) in [6.07, 6.45) is 0. The van der Waals surface area contributed by atoms with Crippen molar-refractivity contribution in [2.45, 2.75) is 19.9 Å². The minimum atomic E-state index is -0.747. The molecule has 0 spiro atoms. The molecule has 0 aliphatic rings. The first-order valence-corrected chi connectivity index (χ1v) is 5.68. The third kappa shape index (κ3) is 2.51. The standard InChI is InChI=1S/C10H14ClNO2S/c1-10(2,9(13)14-3)8(12)6-4-5-7(11)15-6/h4-5,8H,12H2,1-3H3.